The van der Waals surface area contributed by atoms with E-state index in [1.54, 1.807) is 18.2 Å². The molecule has 0 amide bonds. The highest BCUT2D eigenvalue weighted by molar-refractivity contribution is 5.81. The minimum Gasteiger partial charge on any atom is -0.493 e. The number of hydrazone groups is 1. The van der Waals surface area contributed by atoms with Crippen LogP contribution in [0.15, 0.2) is 23.3 Å². The van der Waals surface area contributed by atoms with E-state index in [1.165, 1.54) is 13.3 Å². The molecule has 2 rings (SSSR count). The van der Waals surface area contributed by atoms with E-state index in [0.717, 1.165) is 6.42 Å². The number of pyridine rings is 1. The molecule has 0 fully saturated rings. The molecule has 0 bridgehead atoms. The highest BCUT2D eigenvalue weighted by Gasteiger charge is 2.20. The first-order valence-electron chi connectivity index (χ1n) is 7.27. The topological polar surface area (TPSA) is 55.7 Å². The number of ether oxygens (including phenoxy) is 2. The molecule has 1 aromatic carbocycles. The van der Waals surface area contributed by atoms with Crippen LogP contribution in [-0.2, 0) is 0 Å². The fourth-order valence-electron chi connectivity index (χ4n) is 1.85. The maximum absolute atomic E-state index is 13.4. The van der Waals surface area contributed by atoms with Crippen LogP contribution in [0.1, 0.15) is 18.9 Å². The van der Waals surface area contributed by atoms with Gasteiger partial charge in [-0.15, -0.1) is 0 Å². The Hall–Kier alpha value is -2.84. The smallest absolute Gasteiger partial charge is 0.254 e. The molecule has 2 aromatic rings. The van der Waals surface area contributed by atoms with E-state index in [2.05, 4.69) is 10.1 Å². The Morgan fingerprint density at radius 2 is 1.80 bits per heavy atom. The second-order valence-corrected chi connectivity index (χ2v) is 4.83. The normalized spacial score (nSPS) is 11.0. The largest absolute Gasteiger partial charge is 0.493 e. The van der Waals surface area contributed by atoms with Crippen molar-refractivity contribution in [1.29, 1.82) is 0 Å². The first kappa shape index (κ1) is 18.5. The lowest BCUT2D eigenvalue weighted by molar-refractivity contribution is 0.294. The van der Waals surface area contributed by atoms with Crippen LogP contribution in [0.25, 0.3) is 0 Å². The number of benzene rings is 1. The van der Waals surface area contributed by atoms with Gasteiger partial charge in [0.05, 0.1) is 19.9 Å². The molecule has 0 aliphatic carbocycles. The number of anilines is 1. The summed E-state index contributed by atoms with van der Waals surface area (Å²) in [6.07, 6.45) is 2.02. The molecular weight excluding hydrogens is 342 g/mol. The summed E-state index contributed by atoms with van der Waals surface area (Å²) < 4.78 is 63.6. The van der Waals surface area contributed by atoms with Crippen molar-refractivity contribution in [2.75, 3.05) is 19.1 Å². The van der Waals surface area contributed by atoms with Gasteiger partial charge in [-0.25, -0.2) is 0 Å². The molecule has 0 saturated heterocycles. The van der Waals surface area contributed by atoms with E-state index in [-0.39, 0.29) is 0 Å². The van der Waals surface area contributed by atoms with Crippen LogP contribution in [0.4, 0.5) is 23.2 Å². The van der Waals surface area contributed by atoms with Gasteiger partial charge in [-0.1, -0.05) is 6.92 Å². The number of methoxy groups -OCH3 is 1. The molecule has 134 valence electrons. The van der Waals surface area contributed by atoms with E-state index in [0.29, 0.717) is 23.7 Å². The SMILES string of the molecule is CCCOc1ccc(/C=N\Nc2c(F)c(F)nc(F)c2F)cc1OC. The summed E-state index contributed by atoms with van der Waals surface area (Å²) in [6.45, 7) is 2.48. The molecule has 25 heavy (non-hydrogen) atoms. The standard InChI is InChI=1S/C16H15F4N3O2/c1-3-6-25-10-5-4-9(7-11(10)24-2)8-21-23-14-12(17)15(19)22-16(20)13(14)18/h4-5,7-8H,3,6H2,1-2H3,(H,22,23)/b21-8-. The summed E-state index contributed by atoms with van der Waals surface area (Å²) in [4.78, 5) is 2.45. The Balaban J connectivity index is 2.18. The van der Waals surface area contributed by atoms with Crippen LogP contribution >= 0.6 is 0 Å². The van der Waals surface area contributed by atoms with Crippen molar-refractivity contribution in [3.8, 4) is 11.5 Å². The Kier molecular flexibility index (Phi) is 6.15. The van der Waals surface area contributed by atoms with E-state index in [1.807, 2.05) is 12.3 Å². The summed E-state index contributed by atoms with van der Waals surface area (Å²) in [6, 6.07) is 4.85. The Labute approximate surface area is 141 Å². The van der Waals surface area contributed by atoms with Gasteiger partial charge in [0.15, 0.2) is 11.5 Å². The Morgan fingerprint density at radius 3 is 2.40 bits per heavy atom. The summed E-state index contributed by atoms with van der Waals surface area (Å²) >= 11 is 0. The second-order valence-electron chi connectivity index (χ2n) is 4.83. The lowest BCUT2D eigenvalue weighted by atomic mass is 10.2. The van der Waals surface area contributed by atoms with Crippen LogP contribution in [0.5, 0.6) is 11.5 Å². The summed E-state index contributed by atoms with van der Waals surface area (Å²) in [5.41, 5.74) is 1.36. The zero-order valence-electron chi connectivity index (χ0n) is 13.4. The van der Waals surface area contributed by atoms with E-state index in [4.69, 9.17) is 9.47 Å². The highest BCUT2D eigenvalue weighted by atomic mass is 19.2. The number of nitrogens with one attached hydrogen (secondary N) is 1. The molecule has 0 atom stereocenters. The van der Waals surface area contributed by atoms with Gasteiger partial charge in [-0.05, 0) is 30.2 Å². The van der Waals surface area contributed by atoms with Gasteiger partial charge in [0.1, 0.15) is 5.69 Å². The van der Waals surface area contributed by atoms with Gasteiger partial charge in [-0.2, -0.15) is 27.6 Å². The quantitative estimate of drug-likeness (QED) is 0.354. The second kappa shape index (κ2) is 8.32. The van der Waals surface area contributed by atoms with E-state index >= 15 is 0 Å². The van der Waals surface area contributed by atoms with Crippen molar-refractivity contribution in [2.24, 2.45) is 5.10 Å². The average molecular weight is 357 g/mol. The number of hydrogen-bond donors (Lipinski definition) is 1. The van der Waals surface area contributed by atoms with Crippen LogP contribution in [-0.4, -0.2) is 24.9 Å². The molecule has 0 unspecified atom stereocenters. The van der Waals surface area contributed by atoms with Crippen LogP contribution in [0.3, 0.4) is 0 Å². The predicted molar refractivity (Wildman–Crippen MR) is 84.1 cm³/mol. The predicted octanol–water partition coefficient (Wildman–Crippen LogP) is 3.88. The molecule has 1 heterocycles. The zero-order valence-corrected chi connectivity index (χ0v) is 13.4. The molecule has 0 radical (unpaired) electrons. The molecule has 0 aliphatic rings. The first-order chi connectivity index (χ1) is 12.0. The minimum absolute atomic E-state index is 0.441. The minimum atomic E-state index is -1.77. The van der Waals surface area contributed by atoms with Gasteiger partial charge in [0.25, 0.3) is 11.9 Å². The van der Waals surface area contributed by atoms with Crippen molar-refractivity contribution in [2.45, 2.75) is 13.3 Å². The Morgan fingerprint density at radius 1 is 1.12 bits per heavy atom. The molecule has 0 spiro atoms. The third-order valence-corrected chi connectivity index (χ3v) is 3.04. The van der Waals surface area contributed by atoms with Crippen molar-refractivity contribution >= 4 is 11.9 Å². The van der Waals surface area contributed by atoms with Crippen molar-refractivity contribution in [1.82, 2.24) is 4.98 Å². The molecule has 0 saturated carbocycles. The molecule has 1 N–H and O–H groups in total. The Bertz CT molecular complexity index is 758. The fraction of sp³-hybridized carbons (Fsp3) is 0.250. The number of aromatic nitrogens is 1. The van der Waals surface area contributed by atoms with Crippen LogP contribution in [0, 0.1) is 23.5 Å². The van der Waals surface area contributed by atoms with Gasteiger partial charge >= 0.3 is 0 Å². The van der Waals surface area contributed by atoms with Crippen molar-refractivity contribution in [3.63, 3.8) is 0 Å². The van der Waals surface area contributed by atoms with Gasteiger partial charge < -0.3 is 9.47 Å². The highest BCUT2D eigenvalue weighted by Crippen LogP contribution is 2.28. The molecule has 0 aliphatic heterocycles. The molecule has 5 nitrogen and oxygen atoms in total. The maximum Gasteiger partial charge on any atom is 0.254 e. The lowest BCUT2D eigenvalue weighted by Gasteiger charge is -2.10. The summed E-state index contributed by atoms with van der Waals surface area (Å²) in [7, 11) is 1.46. The monoisotopic (exact) mass is 357 g/mol. The van der Waals surface area contributed by atoms with Crippen LogP contribution in [0.2, 0.25) is 0 Å². The van der Waals surface area contributed by atoms with Crippen molar-refractivity contribution < 1.29 is 27.0 Å². The third-order valence-electron chi connectivity index (χ3n) is 3.04. The van der Waals surface area contributed by atoms with Crippen molar-refractivity contribution in [3.05, 3.63) is 47.3 Å². The number of hydrogen-bond acceptors (Lipinski definition) is 5. The van der Waals surface area contributed by atoms with E-state index in [9.17, 15) is 17.6 Å². The van der Waals surface area contributed by atoms with E-state index < -0.39 is 29.2 Å². The number of halogens is 4. The maximum atomic E-state index is 13.4. The summed E-state index contributed by atoms with van der Waals surface area (Å²) in [5.74, 6) is -5.90. The molecule has 1 aromatic heterocycles. The average Bonchev–Trinajstić information content (AvgIpc) is 2.61. The third kappa shape index (κ3) is 4.37. The molecule has 9 heteroatoms. The number of nitrogens with zero attached hydrogens (tertiary/aromatic N) is 2. The van der Waals surface area contributed by atoms with Gasteiger partial charge in [0.2, 0.25) is 11.6 Å². The van der Waals surface area contributed by atoms with Gasteiger partial charge in [-0.3, -0.25) is 5.43 Å². The first-order valence-corrected chi connectivity index (χ1v) is 7.27. The zero-order chi connectivity index (χ0) is 18.4. The summed E-state index contributed by atoms with van der Waals surface area (Å²) in [5, 5.41) is 3.57. The fourth-order valence-corrected chi connectivity index (χ4v) is 1.85. The lowest BCUT2D eigenvalue weighted by Crippen LogP contribution is -2.06. The van der Waals surface area contributed by atoms with Gasteiger partial charge in [0, 0.05) is 0 Å². The number of rotatable bonds is 7. The molecular formula is C16H15F4N3O2. The van der Waals surface area contributed by atoms with Crippen LogP contribution < -0.4 is 14.9 Å².